The minimum Gasteiger partial charge on any atom is -0.397 e. The maximum Gasteiger partial charge on any atom is 0.150 e. The number of benzene rings is 1. The summed E-state index contributed by atoms with van der Waals surface area (Å²) in [5.41, 5.74) is 7.54. The van der Waals surface area contributed by atoms with Gasteiger partial charge in [0, 0.05) is 20.5 Å². The molecule has 0 amide bonds. The van der Waals surface area contributed by atoms with E-state index >= 15 is 0 Å². The summed E-state index contributed by atoms with van der Waals surface area (Å²) in [6.07, 6.45) is 1.81. The molecule has 2 aromatic rings. The largest absolute Gasteiger partial charge is 0.397 e. The molecule has 14 heavy (non-hydrogen) atoms. The Morgan fingerprint density at radius 1 is 1.50 bits per heavy atom. The molecule has 0 radical (unpaired) electrons. The highest BCUT2D eigenvalue weighted by Crippen LogP contribution is 2.34. The molecular weight excluding hydrogens is 194 g/mol. The summed E-state index contributed by atoms with van der Waals surface area (Å²) in [6, 6.07) is 5.62. The molecule has 0 spiro atoms. The molecule has 2 rings (SSSR count). The molecule has 0 saturated heterocycles. The van der Waals surface area contributed by atoms with Crippen LogP contribution in [0, 0.1) is 0 Å². The highest BCUT2D eigenvalue weighted by molar-refractivity contribution is 7.19. The number of hydrogen-bond acceptors (Lipinski definition) is 3. The second-order valence-electron chi connectivity index (χ2n) is 3.17. The van der Waals surface area contributed by atoms with Gasteiger partial charge >= 0.3 is 0 Å². The molecule has 1 heterocycles. The minimum atomic E-state index is 0.710. The van der Waals surface area contributed by atoms with Crippen molar-refractivity contribution < 1.29 is 4.79 Å². The van der Waals surface area contributed by atoms with Crippen molar-refractivity contribution in [3.63, 3.8) is 0 Å². The predicted octanol–water partition coefficient (Wildman–Crippen LogP) is 2.86. The molecule has 0 aliphatic heterocycles. The van der Waals surface area contributed by atoms with Crippen LogP contribution in [0.4, 0.5) is 5.69 Å². The van der Waals surface area contributed by atoms with Crippen LogP contribution in [0.5, 0.6) is 0 Å². The number of nitrogen functional groups attached to an aromatic ring is 1. The molecule has 0 atom stereocenters. The van der Waals surface area contributed by atoms with Gasteiger partial charge in [0.15, 0.2) is 0 Å². The van der Waals surface area contributed by atoms with Gasteiger partial charge in [-0.3, -0.25) is 4.79 Å². The van der Waals surface area contributed by atoms with Crippen LogP contribution in [0.15, 0.2) is 18.2 Å². The van der Waals surface area contributed by atoms with Gasteiger partial charge in [0.05, 0.1) is 5.69 Å². The fourth-order valence-electron chi connectivity index (χ4n) is 1.52. The monoisotopic (exact) mass is 205 g/mol. The van der Waals surface area contributed by atoms with Crippen LogP contribution in [-0.4, -0.2) is 6.29 Å². The summed E-state index contributed by atoms with van der Waals surface area (Å²) in [4.78, 5) is 11.8. The topological polar surface area (TPSA) is 43.1 Å². The van der Waals surface area contributed by atoms with E-state index in [4.69, 9.17) is 5.73 Å². The Kier molecular flexibility index (Phi) is 2.25. The Labute approximate surface area is 86.3 Å². The van der Waals surface area contributed by atoms with Crippen molar-refractivity contribution in [2.24, 2.45) is 0 Å². The number of carbonyl (C=O) groups excluding carboxylic acids is 1. The lowest BCUT2D eigenvalue weighted by Crippen LogP contribution is -1.86. The third-order valence-electron chi connectivity index (χ3n) is 2.29. The fourth-order valence-corrected chi connectivity index (χ4v) is 2.63. The molecule has 2 N–H and O–H groups in total. The number of rotatable bonds is 2. The van der Waals surface area contributed by atoms with Crippen LogP contribution in [0.3, 0.4) is 0 Å². The number of aryl methyl sites for hydroxylation is 1. The van der Waals surface area contributed by atoms with Crippen molar-refractivity contribution in [2.75, 3.05) is 5.73 Å². The summed E-state index contributed by atoms with van der Waals surface area (Å²) in [5.74, 6) is 0. The lowest BCUT2D eigenvalue weighted by molar-refractivity contribution is 0.112. The average Bonchev–Trinajstić information content (AvgIpc) is 2.55. The highest BCUT2D eigenvalue weighted by atomic mass is 32.1. The number of nitrogens with two attached hydrogens (primary N) is 1. The quantitative estimate of drug-likeness (QED) is 0.766. The summed E-state index contributed by atoms with van der Waals surface area (Å²) < 4.78 is 1.10. The number of fused-ring (bicyclic) bond motifs is 1. The van der Waals surface area contributed by atoms with Crippen LogP contribution < -0.4 is 5.73 Å². The zero-order chi connectivity index (χ0) is 10.1. The highest BCUT2D eigenvalue weighted by Gasteiger charge is 2.07. The van der Waals surface area contributed by atoms with Gasteiger partial charge in [-0.15, -0.1) is 11.3 Å². The molecule has 0 aliphatic rings. The maximum atomic E-state index is 10.6. The van der Waals surface area contributed by atoms with Crippen LogP contribution in [0.25, 0.3) is 10.1 Å². The van der Waals surface area contributed by atoms with E-state index in [1.165, 1.54) is 4.88 Å². The van der Waals surface area contributed by atoms with E-state index in [-0.39, 0.29) is 0 Å². The molecule has 2 nitrogen and oxygen atoms in total. The average molecular weight is 205 g/mol. The van der Waals surface area contributed by atoms with Gasteiger partial charge in [0.25, 0.3) is 0 Å². The third-order valence-corrected chi connectivity index (χ3v) is 3.60. The SMILES string of the molecule is CCc1sc2cc(C=O)ccc2c1N. The van der Waals surface area contributed by atoms with Crippen LogP contribution in [0.1, 0.15) is 22.2 Å². The normalized spacial score (nSPS) is 10.6. The van der Waals surface area contributed by atoms with E-state index in [9.17, 15) is 4.79 Å². The van der Waals surface area contributed by atoms with Crippen molar-refractivity contribution in [1.82, 2.24) is 0 Å². The summed E-state index contributed by atoms with van der Waals surface area (Å²) in [6.45, 7) is 2.09. The van der Waals surface area contributed by atoms with E-state index < -0.39 is 0 Å². The molecule has 0 bridgehead atoms. The Balaban J connectivity index is 2.72. The van der Waals surface area contributed by atoms with E-state index in [2.05, 4.69) is 6.92 Å². The Bertz CT molecular complexity index is 487. The number of thiophene rings is 1. The van der Waals surface area contributed by atoms with Crippen LogP contribution >= 0.6 is 11.3 Å². The number of anilines is 1. The van der Waals surface area contributed by atoms with Crippen LogP contribution in [0.2, 0.25) is 0 Å². The zero-order valence-corrected chi connectivity index (χ0v) is 8.73. The van der Waals surface area contributed by atoms with E-state index in [0.29, 0.717) is 5.56 Å². The third kappa shape index (κ3) is 1.30. The smallest absolute Gasteiger partial charge is 0.150 e. The molecule has 1 aromatic carbocycles. The molecule has 0 unspecified atom stereocenters. The molecular formula is C11H11NOS. The summed E-state index contributed by atoms with van der Waals surface area (Å²) >= 11 is 1.67. The molecule has 72 valence electrons. The summed E-state index contributed by atoms with van der Waals surface area (Å²) in [5, 5.41) is 1.07. The second-order valence-corrected chi connectivity index (χ2v) is 4.30. The van der Waals surface area contributed by atoms with Gasteiger partial charge in [0.2, 0.25) is 0 Å². The second kappa shape index (κ2) is 3.42. The van der Waals surface area contributed by atoms with Crippen molar-refractivity contribution in [3.8, 4) is 0 Å². The number of hydrogen-bond donors (Lipinski definition) is 1. The molecule has 0 aliphatic carbocycles. The first-order valence-electron chi connectivity index (χ1n) is 4.52. The maximum absolute atomic E-state index is 10.6. The first-order chi connectivity index (χ1) is 6.76. The Morgan fingerprint density at radius 3 is 2.93 bits per heavy atom. The fraction of sp³-hybridized carbons (Fsp3) is 0.182. The van der Waals surface area contributed by atoms with Gasteiger partial charge in [0.1, 0.15) is 6.29 Å². The van der Waals surface area contributed by atoms with E-state index in [1.807, 2.05) is 12.1 Å². The van der Waals surface area contributed by atoms with Crippen molar-refractivity contribution in [1.29, 1.82) is 0 Å². The summed E-state index contributed by atoms with van der Waals surface area (Å²) in [7, 11) is 0. The molecule has 3 heteroatoms. The van der Waals surface area contributed by atoms with Gasteiger partial charge in [-0.2, -0.15) is 0 Å². The number of carbonyl (C=O) groups is 1. The van der Waals surface area contributed by atoms with Crippen molar-refractivity contribution in [2.45, 2.75) is 13.3 Å². The van der Waals surface area contributed by atoms with Crippen molar-refractivity contribution in [3.05, 3.63) is 28.6 Å². The molecule has 0 saturated carbocycles. The van der Waals surface area contributed by atoms with Gasteiger partial charge in [-0.1, -0.05) is 19.1 Å². The lowest BCUT2D eigenvalue weighted by atomic mass is 10.1. The lowest BCUT2D eigenvalue weighted by Gasteiger charge is -1.93. The van der Waals surface area contributed by atoms with Crippen LogP contribution in [-0.2, 0) is 6.42 Å². The van der Waals surface area contributed by atoms with Crippen molar-refractivity contribution >= 4 is 33.4 Å². The first kappa shape index (κ1) is 9.21. The predicted molar refractivity (Wildman–Crippen MR) is 61.0 cm³/mol. The Hall–Kier alpha value is -1.35. The standard InChI is InChI=1S/C11H11NOS/c1-2-9-11(12)8-4-3-7(6-13)5-10(8)14-9/h3-6H,2,12H2,1H3. The van der Waals surface area contributed by atoms with Gasteiger partial charge in [-0.25, -0.2) is 0 Å². The van der Waals surface area contributed by atoms with Gasteiger partial charge in [-0.05, 0) is 12.5 Å². The van der Waals surface area contributed by atoms with Gasteiger partial charge < -0.3 is 5.73 Å². The van der Waals surface area contributed by atoms with E-state index in [0.717, 1.165) is 28.5 Å². The zero-order valence-electron chi connectivity index (χ0n) is 7.91. The number of aldehydes is 1. The van der Waals surface area contributed by atoms with E-state index in [1.54, 1.807) is 17.4 Å². The minimum absolute atomic E-state index is 0.710. The molecule has 1 aromatic heterocycles. The first-order valence-corrected chi connectivity index (χ1v) is 5.34. The Morgan fingerprint density at radius 2 is 2.29 bits per heavy atom. The molecule has 0 fully saturated rings.